The molecule has 0 saturated carbocycles. The highest BCUT2D eigenvalue weighted by Gasteiger charge is 2.53. The second-order valence-corrected chi connectivity index (χ2v) is 17.7. The second-order valence-electron chi connectivity index (χ2n) is 7.49. The second kappa shape index (κ2) is 7.66. The van der Waals surface area contributed by atoms with Gasteiger partial charge in [-0.2, -0.15) is 0 Å². The molecular formula is C18H34N2O2Si2. The van der Waals surface area contributed by atoms with Gasteiger partial charge in [0.2, 0.25) is 0 Å². The lowest BCUT2D eigenvalue weighted by Gasteiger charge is -2.45. The number of imide groups is 1. The SMILES string of the molecule is CC[Si]1(CC)CC[Si](CC)(CC)N1CCCN1C(=O)C=C(C)C1=O. The third kappa shape index (κ3) is 3.20. The topological polar surface area (TPSA) is 40.6 Å². The van der Waals surface area contributed by atoms with Gasteiger partial charge in [-0.1, -0.05) is 27.7 Å². The summed E-state index contributed by atoms with van der Waals surface area (Å²) in [5, 5.41) is 0. The van der Waals surface area contributed by atoms with Crippen LogP contribution in [0.5, 0.6) is 0 Å². The van der Waals surface area contributed by atoms with Crippen LogP contribution in [-0.4, -0.2) is 50.5 Å². The number of carbonyl (C=O) groups excluding carboxylic acids is 2. The van der Waals surface area contributed by atoms with Crippen LogP contribution in [-0.2, 0) is 9.59 Å². The first-order valence-corrected chi connectivity index (χ1v) is 14.8. The normalized spacial score (nSPS) is 23.2. The standard InChI is InChI=1S/C18H34N2O2Si2/c1-6-23(7-2)13-14-24(8-3,9-4)20(23)12-10-11-19-17(21)15-16(5)18(19)22/h15H,6-14H2,1-5H3. The molecule has 0 spiro atoms. The Balaban J connectivity index is 2.07. The van der Waals surface area contributed by atoms with Crippen LogP contribution in [0.3, 0.4) is 0 Å². The van der Waals surface area contributed by atoms with E-state index >= 15 is 0 Å². The molecule has 0 aromatic heterocycles. The van der Waals surface area contributed by atoms with E-state index in [1.54, 1.807) is 6.92 Å². The summed E-state index contributed by atoms with van der Waals surface area (Å²) >= 11 is 0. The van der Waals surface area contributed by atoms with Crippen LogP contribution >= 0.6 is 0 Å². The summed E-state index contributed by atoms with van der Waals surface area (Å²) in [5.74, 6) is -0.215. The van der Waals surface area contributed by atoms with Crippen molar-refractivity contribution < 1.29 is 9.59 Å². The van der Waals surface area contributed by atoms with Crippen molar-refractivity contribution in [1.29, 1.82) is 0 Å². The van der Waals surface area contributed by atoms with Crippen molar-refractivity contribution in [2.24, 2.45) is 0 Å². The molecule has 0 atom stereocenters. The first-order valence-electron chi connectivity index (χ1n) is 9.71. The molecule has 24 heavy (non-hydrogen) atoms. The number of nitrogens with zero attached hydrogens (tertiary/aromatic N) is 2. The van der Waals surface area contributed by atoms with Crippen LogP contribution in [0.2, 0.25) is 36.3 Å². The number of rotatable bonds is 8. The zero-order valence-electron chi connectivity index (χ0n) is 16.2. The highest BCUT2D eigenvalue weighted by atomic mass is 28.4. The summed E-state index contributed by atoms with van der Waals surface area (Å²) in [7, 11) is -2.64. The summed E-state index contributed by atoms with van der Waals surface area (Å²) in [4.78, 5) is 25.4. The summed E-state index contributed by atoms with van der Waals surface area (Å²) in [6.45, 7) is 13.0. The molecule has 0 N–H and O–H groups in total. The van der Waals surface area contributed by atoms with Gasteiger partial charge in [0.25, 0.3) is 11.8 Å². The Morgan fingerprint density at radius 2 is 1.42 bits per heavy atom. The van der Waals surface area contributed by atoms with Gasteiger partial charge in [0, 0.05) is 18.2 Å². The van der Waals surface area contributed by atoms with Crippen molar-refractivity contribution in [2.75, 3.05) is 13.1 Å². The molecular weight excluding hydrogens is 332 g/mol. The van der Waals surface area contributed by atoms with Crippen molar-refractivity contribution in [1.82, 2.24) is 9.13 Å². The molecule has 2 rings (SSSR count). The highest BCUT2D eigenvalue weighted by molar-refractivity contribution is 6.97. The fourth-order valence-corrected chi connectivity index (χ4v) is 21.0. The fourth-order valence-electron chi connectivity index (χ4n) is 4.92. The van der Waals surface area contributed by atoms with Crippen LogP contribution < -0.4 is 0 Å². The maximum absolute atomic E-state index is 12.1. The maximum Gasteiger partial charge on any atom is 0.256 e. The summed E-state index contributed by atoms with van der Waals surface area (Å²) in [6, 6.07) is 8.33. The van der Waals surface area contributed by atoms with Gasteiger partial charge in [-0.25, -0.2) is 0 Å². The van der Waals surface area contributed by atoms with Crippen LogP contribution in [0.25, 0.3) is 0 Å². The van der Waals surface area contributed by atoms with E-state index < -0.39 is 16.5 Å². The molecule has 1 fully saturated rings. The van der Waals surface area contributed by atoms with Crippen molar-refractivity contribution in [3.05, 3.63) is 11.6 Å². The van der Waals surface area contributed by atoms with E-state index in [0.29, 0.717) is 12.1 Å². The summed E-state index contributed by atoms with van der Waals surface area (Å²) < 4.78 is 3.02. The van der Waals surface area contributed by atoms with E-state index in [2.05, 4.69) is 31.9 Å². The average Bonchev–Trinajstić information content (AvgIpc) is 3.04. The van der Waals surface area contributed by atoms with E-state index in [1.807, 2.05) is 0 Å². The van der Waals surface area contributed by atoms with Gasteiger partial charge in [0.05, 0.1) is 0 Å². The van der Waals surface area contributed by atoms with Gasteiger partial charge in [0.15, 0.2) is 0 Å². The Kier molecular flexibility index (Phi) is 6.26. The number of amides is 2. The Hall–Kier alpha value is -0.726. The lowest BCUT2D eigenvalue weighted by molar-refractivity contribution is -0.137. The molecule has 0 aromatic carbocycles. The van der Waals surface area contributed by atoms with Crippen molar-refractivity contribution in [3.8, 4) is 0 Å². The molecule has 0 bridgehead atoms. The number of hydrogen-bond donors (Lipinski definition) is 0. The van der Waals surface area contributed by atoms with Crippen LogP contribution in [0.4, 0.5) is 0 Å². The predicted octanol–water partition coefficient (Wildman–Crippen LogP) is 3.98. The average molecular weight is 367 g/mol. The number of carbonyl (C=O) groups is 2. The molecule has 1 saturated heterocycles. The minimum Gasteiger partial charge on any atom is -0.345 e. The summed E-state index contributed by atoms with van der Waals surface area (Å²) in [5.41, 5.74) is 0.581. The van der Waals surface area contributed by atoms with E-state index in [4.69, 9.17) is 0 Å². The predicted molar refractivity (Wildman–Crippen MR) is 105 cm³/mol. The number of hydrogen-bond acceptors (Lipinski definition) is 3. The zero-order chi connectivity index (χ0) is 18.0. The smallest absolute Gasteiger partial charge is 0.256 e. The molecule has 0 aromatic rings. The molecule has 0 unspecified atom stereocenters. The Bertz CT molecular complexity index is 505. The minimum absolute atomic E-state index is 0.0922. The lowest BCUT2D eigenvalue weighted by Crippen LogP contribution is -2.60. The van der Waals surface area contributed by atoms with Crippen molar-refractivity contribution in [2.45, 2.75) is 77.3 Å². The summed E-state index contributed by atoms with van der Waals surface area (Å²) in [6.07, 6.45) is 2.41. The molecule has 6 heteroatoms. The Labute approximate surface area is 149 Å². The molecule has 136 valence electrons. The maximum atomic E-state index is 12.1. The third-order valence-corrected chi connectivity index (χ3v) is 20.5. The van der Waals surface area contributed by atoms with E-state index in [-0.39, 0.29) is 11.8 Å². The molecule has 0 aliphatic carbocycles. The van der Waals surface area contributed by atoms with E-state index in [0.717, 1.165) is 13.0 Å². The van der Waals surface area contributed by atoms with Gasteiger partial charge in [-0.05, 0) is 56.2 Å². The van der Waals surface area contributed by atoms with Gasteiger partial charge in [-0.15, -0.1) is 0 Å². The van der Waals surface area contributed by atoms with Crippen LogP contribution in [0, 0.1) is 0 Å². The van der Waals surface area contributed by atoms with Crippen molar-refractivity contribution in [3.63, 3.8) is 0 Å². The van der Waals surface area contributed by atoms with Gasteiger partial charge in [0.1, 0.15) is 16.5 Å². The van der Waals surface area contributed by atoms with Crippen LogP contribution in [0.15, 0.2) is 11.6 Å². The quantitative estimate of drug-likeness (QED) is 0.482. The van der Waals surface area contributed by atoms with Gasteiger partial charge < -0.3 is 4.23 Å². The van der Waals surface area contributed by atoms with E-state index in [1.165, 1.54) is 47.2 Å². The van der Waals surface area contributed by atoms with Crippen LogP contribution in [0.1, 0.15) is 41.0 Å². The monoisotopic (exact) mass is 366 g/mol. The van der Waals surface area contributed by atoms with Gasteiger partial charge >= 0.3 is 0 Å². The lowest BCUT2D eigenvalue weighted by atomic mass is 10.3. The molecule has 2 heterocycles. The molecule has 0 radical (unpaired) electrons. The molecule has 2 aliphatic rings. The van der Waals surface area contributed by atoms with E-state index in [9.17, 15) is 9.59 Å². The minimum atomic E-state index is -1.32. The molecule has 2 amide bonds. The molecule has 2 aliphatic heterocycles. The zero-order valence-corrected chi connectivity index (χ0v) is 18.2. The fraction of sp³-hybridized carbons (Fsp3) is 0.778. The first kappa shape index (κ1) is 19.6. The largest absolute Gasteiger partial charge is 0.345 e. The Morgan fingerprint density at radius 3 is 1.79 bits per heavy atom. The van der Waals surface area contributed by atoms with Crippen molar-refractivity contribution >= 4 is 28.3 Å². The third-order valence-electron chi connectivity index (χ3n) is 6.79. The molecule has 4 nitrogen and oxygen atoms in total. The Morgan fingerprint density at radius 1 is 0.917 bits per heavy atom. The highest BCUT2D eigenvalue weighted by Crippen LogP contribution is 2.45. The first-order chi connectivity index (χ1) is 11.4. The van der Waals surface area contributed by atoms with Gasteiger partial charge in [-0.3, -0.25) is 14.5 Å².